The van der Waals surface area contributed by atoms with Gasteiger partial charge in [0, 0.05) is 0 Å². The summed E-state index contributed by atoms with van der Waals surface area (Å²) in [5.74, 6) is 0.631. The zero-order chi connectivity index (χ0) is 14.2. The summed E-state index contributed by atoms with van der Waals surface area (Å²) in [5.41, 5.74) is 1.77. The summed E-state index contributed by atoms with van der Waals surface area (Å²) >= 11 is -0.201. The summed E-state index contributed by atoms with van der Waals surface area (Å²) in [6.07, 6.45) is 1.96. The molecule has 0 saturated heterocycles. The topological polar surface area (TPSA) is 101 Å². The van der Waals surface area contributed by atoms with Crippen LogP contribution in [0.4, 0.5) is 5.69 Å². The van der Waals surface area contributed by atoms with E-state index in [2.05, 4.69) is 22.6 Å². The maximum absolute atomic E-state index is 12.3. The Bertz CT molecular complexity index is 854. The molecule has 0 atom stereocenters. The van der Waals surface area contributed by atoms with Gasteiger partial charge >= 0.3 is 121 Å². The van der Waals surface area contributed by atoms with E-state index in [1.165, 1.54) is 6.20 Å². The van der Waals surface area contributed by atoms with Crippen molar-refractivity contribution >= 4 is 41.7 Å². The molecule has 0 saturated carbocycles. The van der Waals surface area contributed by atoms with E-state index in [0.717, 1.165) is 5.52 Å². The van der Waals surface area contributed by atoms with Crippen molar-refractivity contribution in [2.45, 2.75) is 18.4 Å². The van der Waals surface area contributed by atoms with Crippen LogP contribution in [0.3, 0.4) is 0 Å². The van der Waals surface area contributed by atoms with E-state index >= 15 is 0 Å². The van der Waals surface area contributed by atoms with E-state index in [0.29, 0.717) is 23.4 Å². The van der Waals surface area contributed by atoms with Crippen LogP contribution in [0.15, 0.2) is 29.4 Å². The number of H-pyrrole nitrogens is 1. The van der Waals surface area contributed by atoms with Gasteiger partial charge in [-0.25, -0.2) is 0 Å². The molecule has 20 heavy (non-hydrogen) atoms. The Balaban J connectivity index is 1.99. The first-order valence-electron chi connectivity index (χ1n) is 5.88. The first kappa shape index (κ1) is 13.3. The Labute approximate surface area is 121 Å². The fraction of sp³-hybridized carbons (Fsp3) is 0.182. The molecule has 0 aliphatic rings. The fourth-order valence-corrected chi connectivity index (χ4v) is 3.91. The number of hydrogen-bond acceptors (Lipinski definition) is 5. The number of fused-ring (bicyclic) bond motifs is 1. The van der Waals surface area contributed by atoms with Crippen LogP contribution in [0.1, 0.15) is 12.7 Å². The average molecular weight is 356 g/mol. The van der Waals surface area contributed by atoms with Crippen molar-refractivity contribution in [1.82, 2.24) is 17.9 Å². The van der Waals surface area contributed by atoms with Gasteiger partial charge in [0.15, 0.2) is 0 Å². The minimum atomic E-state index is -3.69. The minimum absolute atomic E-state index is 0.0485. The van der Waals surface area contributed by atoms with Crippen LogP contribution in [-0.2, 0) is 16.4 Å². The van der Waals surface area contributed by atoms with Gasteiger partial charge in [0.25, 0.3) is 0 Å². The molecule has 104 valence electrons. The van der Waals surface area contributed by atoms with Gasteiger partial charge in [-0.3, -0.25) is 0 Å². The second-order valence-electron chi connectivity index (χ2n) is 4.09. The summed E-state index contributed by atoms with van der Waals surface area (Å²) in [6.45, 7) is 1.90. The molecular formula is C11H11N5O2SSe. The molecule has 3 aromatic rings. The van der Waals surface area contributed by atoms with Crippen LogP contribution >= 0.6 is 0 Å². The van der Waals surface area contributed by atoms with Gasteiger partial charge < -0.3 is 0 Å². The second-order valence-corrected chi connectivity index (χ2v) is 6.85. The Morgan fingerprint density at radius 3 is 2.95 bits per heavy atom. The zero-order valence-electron chi connectivity index (χ0n) is 10.5. The molecule has 0 aliphatic carbocycles. The van der Waals surface area contributed by atoms with Crippen molar-refractivity contribution in [3.63, 3.8) is 0 Å². The van der Waals surface area contributed by atoms with Crippen LogP contribution in [0, 0.1) is 0 Å². The monoisotopic (exact) mass is 357 g/mol. The number of aromatic amines is 1. The average Bonchev–Trinajstić information content (AvgIpc) is 3.08. The molecule has 0 spiro atoms. The molecule has 3 rings (SSSR count). The normalized spacial score (nSPS) is 11.8. The van der Waals surface area contributed by atoms with Crippen molar-refractivity contribution < 1.29 is 8.42 Å². The third-order valence-electron chi connectivity index (χ3n) is 2.76. The molecule has 0 bridgehead atoms. The molecule has 0 amide bonds. The number of nitrogens with zero attached hydrogens (tertiary/aromatic N) is 3. The molecule has 0 unspecified atom stereocenters. The predicted octanol–water partition coefficient (Wildman–Crippen LogP) is 0.773. The van der Waals surface area contributed by atoms with Crippen LogP contribution in [0.25, 0.3) is 11.0 Å². The van der Waals surface area contributed by atoms with Gasteiger partial charge in [-0.1, -0.05) is 0 Å². The molecule has 0 fully saturated rings. The van der Waals surface area contributed by atoms with E-state index in [4.69, 9.17) is 0 Å². The molecule has 2 aromatic heterocycles. The van der Waals surface area contributed by atoms with E-state index < -0.39 is 10.0 Å². The number of anilines is 1. The molecule has 0 aliphatic heterocycles. The number of nitrogens with one attached hydrogen (secondary N) is 2. The number of imidazole rings is 1. The van der Waals surface area contributed by atoms with Gasteiger partial charge in [-0.05, 0) is 0 Å². The first-order valence-corrected chi connectivity index (χ1v) is 8.89. The zero-order valence-corrected chi connectivity index (χ0v) is 13.0. The van der Waals surface area contributed by atoms with Crippen LogP contribution in [0.5, 0.6) is 0 Å². The van der Waals surface area contributed by atoms with Gasteiger partial charge in [0.05, 0.1) is 0 Å². The second kappa shape index (κ2) is 5.01. The number of rotatable bonds is 4. The van der Waals surface area contributed by atoms with Gasteiger partial charge in [-0.15, -0.1) is 0 Å². The van der Waals surface area contributed by atoms with E-state index in [1.807, 2.05) is 13.0 Å². The van der Waals surface area contributed by atoms with Crippen molar-refractivity contribution in [2.24, 2.45) is 0 Å². The van der Waals surface area contributed by atoms with Gasteiger partial charge in [0.2, 0.25) is 0 Å². The standard InChI is InChI=1S/C11H11N5O2SSe/c1-2-9-12-6-10(13-9)19(17,18)14-7-4-3-5-8-11(7)16-20-15-8/h3-6,14H,2H2,1H3,(H,12,13). The van der Waals surface area contributed by atoms with Gasteiger partial charge in [0.1, 0.15) is 0 Å². The Hall–Kier alpha value is -1.70. The summed E-state index contributed by atoms with van der Waals surface area (Å²) < 4.78 is 35.6. The molecule has 2 N–H and O–H groups in total. The first-order chi connectivity index (χ1) is 9.60. The third kappa shape index (κ3) is 2.35. The molecule has 7 nitrogen and oxygen atoms in total. The SMILES string of the molecule is CCc1ncc(S(=O)(=O)Nc2cccc3n[se]nc23)[nH]1. The number of aromatic nitrogens is 4. The van der Waals surface area contributed by atoms with E-state index in [9.17, 15) is 8.42 Å². The molecule has 2 heterocycles. The van der Waals surface area contributed by atoms with Crippen molar-refractivity contribution in [2.75, 3.05) is 4.72 Å². The number of benzene rings is 1. The summed E-state index contributed by atoms with van der Waals surface area (Å²) in [7, 11) is -3.69. The van der Waals surface area contributed by atoms with Crippen molar-refractivity contribution in [3.05, 3.63) is 30.2 Å². The molecule has 9 heteroatoms. The number of sulfonamides is 1. The van der Waals surface area contributed by atoms with Crippen LogP contribution < -0.4 is 4.72 Å². The molecule has 0 radical (unpaired) electrons. The Morgan fingerprint density at radius 1 is 1.35 bits per heavy atom. The maximum atomic E-state index is 12.3. The third-order valence-corrected chi connectivity index (χ3v) is 5.17. The van der Waals surface area contributed by atoms with E-state index in [-0.39, 0.29) is 20.0 Å². The van der Waals surface area contributed by atoms with Crippen LogP contribution in [-0.4, -0.2) is 41.3 Å². The quantitative estimate of drug-likeness (QED) is 0.673. The van der Waals surface area contributed by atoms with Gasteiger partial charge in [-0.2, -0.15) is 0 Å². The molecular weight excluding hydrogens is 345 g/mol. The van der Waals surface area contributed by atoms with E-state index in [1.54, 1.807) is 12.1 Å². The number of aryl methyl sites for hydroxylation is 1. The Morgan fingerprint density at radius 2 is 2.20 bits per heavy atom. The van der Waals surface area contributed by atoms with Crippen molar-refractivity contribution in [1.29, 1.82) is 0 Å². The van der Waals surface area contributed by atoms with Crippen molar-refractivity contribution in [3.8, 4) is 0 Å². The summed E-state index contributed by atoms with van der Waals surface area (Å²) in [4.78, 5) is 6.78. The molecule has 1 aromatic carbocycles. The number of hydrogen-bond donors (Lipinski definition) is 2. The van der Waals surface area contributed by atoms with Crippen LogP contribution in [0.2, 0.25) is 0 Å². The summed E-state index contributed by atoms with van der Waals surface area (Å²) in [5, 5.41) is 0.0485. The fourth-order valence-electron chi connectivity index (χ4n) is 1.75. The summed E-state index contributed by atoms with van der Waals surface area (Å²) in [6, 6.07) is 5.24. The predicted molar refractivity (Wildman–Crippen MR) is 75.3 cm³/mol. The Kier molecular flexibility index (Phi) is 3.33.